The summed E-state index contributed by atoms with van der Waals surface area (Å²) in [7, 11) is 0. The van der Waals surface area contributed by atoms with E-state index in [1.807, 2.05) is 0 Å². The smallest absolute Gasteiger partial charge is 0.275 e. The van der Waals surface area contributed by atoms with Crippen LogP contribution in [0.1, 0.15) is 10.5 Å². The maximum absolute atomic E-state index is 11.7. The van der Waals surface area contributed by atoms with Gasteiger partial charge in [-0.3, -0.25) is 4.79 Å². The fourth-order valence-corrected chi connectivity index (χ4v) is 1.85. The molecule has 82 valence electrons. The van der Waals surface area contributed by atoms with E-state index in [1.54, 1.807) is 29.1 Å². The number of nitrogens with two attached hydrogens (primary N) is 1. The van der Waals surface area contributed by atoms with Crippen molar-refractivity contribution in [3.63, 3.8) is 0 Å². The van der Waals surface area contributed by atoms with Gasteiger partial charge in [-0.1, -0.05) is 11.6 Å². The summed E-state index contributed by atoms with van der Waals surface area (Å²) >= 11 is 7.27. The fraction of sp³-hybridized carbons (Fsp3) is 0. The fourth-order valence-electron chi connectivity index (χ4n) is 1.15. The van der Waals surface area contributed by atoms with Crippen molar-refractivity contribution < 1.29 is 4.79 Å². The lowest BCUT2D eigenvalue weighted by Gasteiger charge is -2.06. The first kappa shape index (κ1) is 10.9. The van der Waals surface area contributed by atoms with Crippen LogP contribution in [-0.2, 0) is 0 Å². The first-order chi connectivity index (χ1) is 7.66. The van der Waals surface area contributed by atoms with Gasteiger partial charge in [0.1, 0.15) is 5.69 Å². The molecule has 0 aliphatic carbocycles. The van der Waals surface area contributed by atoms with Crippen LogP contribution in [-0.4, -0.2) is 10.9 Å². The number of nitrogen functional groups attached to an aromatic ring is 1. The number of hydrogen-bond donors (Lipinski definition) is 2. The molecule has 0 spiro atoms. The van der Waals surface area contributed by atoms with Crippen LogP contribution in [0.25, 0.3) is 0 Å². The number of nitrogens with zero attached hydrogens (tertiary/aromatic N) is 1. The van der Waals surface area contributed by atoms with E-state index in [0.29, 0.717) is 22.1 Å². The third kappa shape index (κ3) is 2.32. The summed E-state index contributed by atoms with van der Waals surface area (Å²) in [4.78, 5) is 15.6. The Labute approximate surface area is 101 Å². The first-order valence-electron chi connectivity index (χ1n) is 4.41. The highest BCUT2D eigenvalue weighted by Crippen LogP contribution is 2.24. The molecule has 1 aromatic heterocycles. The van der Waals surface area contributed by atoms with Crippen molar-refractivity contribution in [3.8, 4) is 0 Å². The minimum atomic E-state index is -0.297. The van der Waals surface area contributed by atoms with Gasteiger partial charge in [0.15, 0.2) is 0 Å². The van der Waals surface area contributed by atoms with Crippen molar-refractivity contribution in [1.82, 2.24) is 4.98 Å². The number of carbonyl (C=O) groups is 1. The average Bonchev–Trinajstić information content (AvgIpc) is 2.76. The second-order valence-electron chi connectivity index (χ2n) is 3.07. The molecule has 2 rings (SSSR count). The van der Waals surface area contributed by atoms with Crippen LogP contribution in [0.4, 0.5) is 11.4 Å². The van der Waals surface area contributed by atoms with E-state index in [1.165, 1.54) is 11.3 Å². The normalized spacial score (nSPS) is 10.1. The number of halogens is 1. The molecule has 0 unspecified atom stereocenters. The van der Waals surface area contributed by atoms with Gasteiger partial charge in [-0.25, -0.2) is 4.98 Å². The van der Waals surface area contributed by atoms with E-state index in [4.69, 9.17) is 17.3 Å². The molecular weight excluding hydrogens is 246 g/mol. The minimum absolute atomic E-state index is 0.297. The third-order valence-electron chi connectivity index (χ3n) is 1.90. The van der Waals surface area contributed by atoms with E-state index in [-0.39, 0.29) is 5.91 Å². The number of benzene rings is 1. The van der Waals surface area contributed by atoms with Crippen LogP contribution in [0.3, 0.4) is 0 Å². The highest BCUT2D eigenvalue weighted by atomic mass is 35.5. The second kappa shape index (κ2) is 4.51. The van der Waals surface area contributed by atoms with Gasteiger partial charge in [-0.15, -0.1) is 11.3 Å². The Balaban J connectivity index is 2.21. The molecule has 0 aliphatic heterocycles. The Morgan fingerprint density at radius 3 is 3.00 bits per heavy atom. The number of nitrogens with one attached hydrogen (secondary N) is 1. The summed E-state index contributed by atoms with van der Waals surface area (Å²) < 4.78 is 0. The summed E-state index contributed by atoms with van der Waals surface area (Å²) in [5.74, 6) is -0.297. The van der Waals surface area contributed by atoms with Gasteiger partial charge in [-0.2, -0.15) is 0 Å². The van der Waals surface area contributed by atoms with Gasteiger partial charge in [0.25, 0.3) is 5.91 Å². The zero-order chi connectivity index (χ0) is 11.5. The molecule has 16 heavy (non-hydrogen) atoms. The van der Waals surface area contributed by atoms with Crippen molar-refractivity contribution in [2.24, 2.45) is 0 Å². The molecule has 1 amide bonds. The molecule has 0 radical (unpaired) electrons. The Morgan fingerprint density at radius 1 is 1.50 bits per heavy atom. The Kier molecular flexibility index (Phi) is 3.07. The third-order valence-corrected chi connectivity index (χ3v) is 2.82. The number of carbonyl (C=O) groups excluding carboxylic acids is 1. The molecule has 6 heteroatoms. The summed E-state index contributed by atoms with van der Waals surface area (Å²) in [6.07, 6.45) is 0. The van der Waals surface area contributed by atoms with Crippen LogP contribution in [0.15, 0.2) is 29.1 Å². The van der Waals surface area contributed by atoms with E-state index in [0.717, 1.165) is 0 Å². The highest BCUT2D eigenvalue weighted by Gasteiger charge is 2.10. The molecule has 0 fully saturated rings. The quantitative estimate of drug-likeness (QED) is 0.809. The Hall–Kier alpha value is -1.59. The van der Waals surface area contributed by atoms with Gasteiger partial charge in [0.05, 0.1) is 16.2 Å². The standard InChI is InChI=1S/C10H8ClN3OS/c11-7-2-1-6(12)3-8(7)14-10(15)9-4-16-5-13-9/h1-5H,12H2,(H,14,15). The van der Waals surface area contributed by atoms with Crippen LogP contribution in [0.2, 0.25) is 5.02 Å². The van der Waals surface area contributed by atoms with Crippen LogP contribution in [0.5, 0.6) is 0 Å². The molecule has 0 aliphatic rings. The Morgan fingerprint density at radius 2 is 2.31 bits per heavy atom. The largest absolute Gasteiger partial charge is 0.399 e. The molecule has 1 aromatic carbocycles. The summed E-state index contributed by atoms with van der Waals surface area (Å²) in [6, 6.07) is 4.90. The molecule has 1 heterocycles. The zero-order valence-electron chi connectivity index (χ0n) is 8.11. The molecule has 0 atom stereocenters. The lowest BCUT2D eigenvalue weighted by Crippen LogP contribution is -2.12. The number of aromatic nitrogens is 1. The molecule has 0 bridgehead atoms. The molecule has 0 saturated heterocycles. The number of hydrogen-bond acceptors (Lipinski definition) is 4. The van der Waals surface area contributed by atoms with E-state index < -0.39 is 0 Å². The zero-order valence-corrected chi connectivity index (χ0v) is 9.68. The summed E-state index contributed by atoms with van der Waals surface area (Å²) in [5.41, 5.74) is 8.58. The summed E-state index contributed by atoms with van der Waals surface area (Å²) in [5, 5.41) is 4.75. The van der Waals surface area contributed by atoms with Gasteiger partial charge < -0.3 is 11.1 Å². The SMILES string of the molecule is Nc1ccc(Cl)c(NC(=O)c2cscn2)c1. The predicted octanol–water partition coefficient (Wildman–Crippen LogP) is 2.63. The maximum Gasteiger partial charge on any atom is 0.275 e. The van der Waals surface area contributed by atoms with Gasteiger partial charge in [-0.05, 0) is 18.2 Å². The van der Waals surface area contributed by atoms with Crippen LogP contribution < -0.4 is 11.1 Å². The van der Waals surface area contributed by atoms with Crippen molar-refractivity contribution in [3.05, 3.63) is 39.8 Å². The van der Waals surface area contributed by atoms with Crippen LogP contribution in [0, 0.1) is 0 Å². The second-order valence-corrected chi connectivity index (χ2v) is 4.19. The monoisotopic (exact) mass is 253 g/mol. The maximum atomic E-state index is 11.7. The van der Waals surface area contributed by atoms with Crippen molar-refractivity contribution in [2.45, 2.75) is 0 Å². The van der Waals surface area contributed by atoms with Gasteiger partial charge in [0.2, 0.25) is 0 Å². The number of amides is 1. The van der Waals surface area contributed by atoms with Crippen molar-refractivity contribution in [2.75, 3.05) is 11.1 Å². The average molecular weight is 254 g/mol. The Bertz CT molecular complexity index is 513. The topological polar surface area (TPSA) is 68.0 Å². The number of thiazole rings is 1. The van der Waals surface area contributed by atoms with Crippen molar-refractivity contribution >= 4 is 40.2 Å². The molecule has 2 aromatic rings. The molecule has 0 saturated carbocycles. The molecule has 3 N–H and O–H groups in total. The van der Waals surface area contributed by atoms with Crippen LogP contribution >= 0.6 is 22.9 Å². The summed E-state index contributed by atoms with van der Waals surface area (Å²) in [6.45, 7) is 0. The molecule has 4 nitrogen and oxygen atoms in total. The predicted molar refractivity (Wildman–Crippen MR) is 65.9 cm³/mol. The highest BCUT2D eigenvalue weighted by molar-refractivity contribution is 7.07. The van der Waals surface area contributed by atoms with E-state index in [9.17, 15) is 4.79 Å². The van der Waals surface area contributed by atoms with Gasteiger partial charge >= 0.3 is 0 Å². The van der Waals surface area contributed by atoms with Crippen molar-refractivity contribution in [1.29, 1.82) is 0 Å². The van der Waals surface area contributed by atoms with Gasteiger partial charge in [0, 0.05) is 11.1 Å². The lowest BCUT2D eigenvalue weighted by atomic mass is 10.2. The van der Waals surface area contributed by atoms with E-state index in [2.05, 4.69) is 10.3 Å². The number of anilines is 2. The lowest BCUT2D eigenvalue weighted by molar-refractivity contribution is 0.102. The number of rotatable bonds is 2. The minimum Gasteiger partial charge on any atom is -0.399 e. The van der Waals surface area contributed by atoms with E-state index >= 15 is 0 Å². The molecular formula is C10H8ClN3OS. The first-order valence-corrected chi connectivity index (χ1v) is 5.73.